The van der Waals surface area contributed by atoms with Gasteiger partial charge < -0.3 is 9.84 Å². The highest BCUT2D eigenvalue weighted by Crippen LogP contribution is 2.16. The summed E-state index contributed by atoms with van der Waals surface area (Å²) in [5.41, 5.74) is 2.13. The third kappa shape index (κ3) is 3.13. The molecule has 1 atom stereocenters. The van der Waals surface area contributed by atoms with Crippen LogP contribution in [0, 0.1) is 0 Å². The van der Waals surface area contributed by atoms with Crippen LogP contribution in [0.15, 0.2) is 24.3 Å². The van der Waals surface area contributed by atoms with Gasteiger partial charge in [-0.15, -0.1) is 0 Å². The van der Waals surface area contributed by atoms with Crippen LogP contribution in [0.25, 0.3) is 0 Å². The lowest BCUT2D eigenvalue weighted by Gasteiger charge is -2.08. The maximum atomic E-state index is 9.56. The van der Waals surface area contributed by atoms with E-state index in [9.17, 15) is 5.11 Å². The van der Waals surface area contributed by atoms with Crippen molar-refractivity contribution in [3.63, 3.8) is 0 Å². The molecule has 78 valence electrons. The van der Waals surface area contributed by atoms with E-state index in [1.807, 2.05) is 38.1 Å². The van der Waals surface area contributed by atoms with Gasteiger partial charge in [0, 0.05) is 6.61 Å². The van der Waals surface area contributed by atoms with E-state index < -0.39 is 0 Å². The second-order valence-electron chi connectivity index (χ2n) is 3.30. The summed E-state index contributed by atoms with van der Waals surface area (Å²) in [6.07, 6.45) is 0.418. The summed E-state index contributed by atoms with van der Waals surface area (Å²) in [6.45, 7) is 5.34. The lowest BCUT2D eigenvalue weighted by Crippen LogP contribution is -1.96. The maximum absolute atomic E-state index is 9.56. The van der Waals surface area contributed by atoms with Gasteiger partial charge in [-0.3, -0.25) is 0 Å². The Bertz CT molecular complexity index is 254. The Morgan fingerprint density at radius 2 is 1.86 bits per heavy atom. The predicted molar refractivity (Wildman–Crippen MR) is 57.0 cm³/mol. The molecule has 0 radical (unpaired) electrons. The van der Waals surface area contributed by atoms with Crippen LogP contribution in [0.3, 0.4) is 0 Å². The summed E-state index contributed by atoms with van der Waals surface area (Å²) in [7, 11) is 0. The minimum atomic E-state index is -0.337. The quantitative estimate of drug-likeness (QED) is 0.780. The molecule has 14 heavy (non-hydrogen) atoms. The lowest BCUT2D eigenvalue weighted by atomic mass is 10.1. The average molecular weight is 194 g/mol. The van der Waals surface area contributed by atoms with Crippen LogP contribution in [0.1, 0.15) is 37.5 Å². The molecule has 1 aromatic carbocycles. The zero-order valence-electron chi connectivity index (χ0n) is 8.86. The predicted octanol–water partition coefficient (Wildman–Crippen LogP) is 2.67. The first-order chi connectivity index (χ1) is 6.77. The van der Waals surface area contributed by atoms with Crippen molar-refractivity contribution in [2.75, 3.05) is 6.61 Å². The number of ether oxygens (including phenoxy) is 1. The Morgan fingerprint density at radius 3 is 2.36 bits per heavy atom. The number of aliphatic hydroxyl groups is 1. The van der Waals surface area contributed by atoms with Gasteiger partial charge in [-0.05, 0) is 24.5 Å². The van der Waals surface area contributed by atoms with Gasteiger partial charge in [0.05, 0.1) is 12.7 Å². The van der Waals surface area contributed by atoms with Gasteiger partial charge in [-0.2, -0.15) is 0 Å². The number of hydrogen-bond acceptors (Lipinski definition) is 2. The molecule has 1 rings (SSSR count). The molecule has 0 aliphatic carbocycles. The summed E-state index contributed by atoms with van der Waals surface area (Å²) in [5.74, 6) is 0. The Labute approximate surface area is 85.5 Å². The van der Waals surface area contributed by atoms with Gasteiger partial charge in [0.2, 0.25) is 0 Å². The smallest absolute Gasteiger partial charge is 0.0787 e. The summed E-state index contributed by atoms with van der Waals surface area (Å²) in [4.78, 5) is 0. The van der Waals surface area contributed by atoms with E-state index in [0.29, 0.717) is 6.61 Å². The zero-order valence-corrected chi connectivity index (χ0v) is 8.86. The summed E-state index contributed by atoms with van der Waals surface area (Å²) >= 11 is 0. The first-order valence-corrected chi connectivity index (χ1v) is 5.12. The van der Waals surface area contributed by atoms with Crippen molar-refractivity contribution < 1.29 is 9.84 Å². The van der Waals surface area contributed by atoms with Crippen LogP contribution < -0.4 is 0 Å². The summed E-state index contributed by atoms with van der Waals surface area (Å²) < 4.78 is 5.28. The van der Waals surface area contributed by atoms with Crippen molar-refractivity contribution in [2.24, 2.45) is 0 Å². The highest BCUT2D eigenvalue weighted by molar-refractivity contribution is 5.23. The Hall–Kier alpha value is -0.860. The number of hydrogen-bond donors (Lipinski definition) is 1. The zero-order chi connectivity index (χ0) is 10.4. The van der Waals surface area contributed by atoms with Crippen molar-refractivity contribution in [3.05, 3.63) is 35.4 Å². The molecule has 0 aliphatic rings. The summed E-state index contributed by atoms with van der Waals surface area (Å²) in [5, 5.41) is 9.56. The van der Waals surface area contributed by atoms with Gasteiger partial charge in [0.25, 0.3) is 0 Å². The molecule has 0 saturated heterocycles. The van der Waals surface area contributed by atoms with Crippen molar-refractivity contribution in [3.8, 4) is 0 Å². The van der Waals surface area contributed by atoms with Crippen LogP contribution in [0.2, 0.25) is 0 Å². The average Bonchev–Trinajstić information content (AvgIpc) is 2.26. The van der Waals surface area contributed by atoms with Gasteiger partial charge in [0.15, 0.2) is 0 Å². The van der Waals surface area contributed by atoms with E-state index in [-0.39, 0.29) is 6.10 Å². The second kappa shape index (κ2) is 5.78. The third-order valence-corrected chi connectivity index (χ3v) is 2.22. The van der Waals surface area contributed by atoms with Gasteiger partial charge in [-0.1, -0.05) is 31.2 Å². The Balaban J connectivity index is 2.59. The maximum Gasteiger partial charge on any atom is 0.0787 e. The number of benzene rings is 1. The second-order valence-corrected chi connectivity index (χ2v) is 3.30. The van der Waals surface area contributed by atoms with E-state index in [1.165, 1.54) is 0 Å². The van der Waals surface area contributed by atoms with Crippen LogP contribution in [-0.4, -0.2) is 11.7 Å². The van der Waals surface area contributed by atoms with Crippen molar-refractivity contribution in [2.45, 2.75) is 33.0 Å². The van der Waals surface area contributed by atoms with Crippen molar-refractivity contribution in [1.29, 1.82) is 0 Å². The van der Waals surface area contributed by atoms with E-state index in [1.54, 1.807) is 0 Å². The molecule has 1 unspecified atom stereocenters. The molecule has 0 heterocycles. The molecule has 0 spiro atoms. The molecule has 1 N–H and O–H groups in total. The molecule has 0 bridgehead atoms. The Kier molecular flexibility index (Phi) is 4.63. The molecule has 1 aromatic rings. The normalized spacial score (nSPS) is 12.8. The summed E-state index contributed by atoms with van der Waals surface area (Å²) in [6, 6.07) is 7.93. The fourth-order valence-electron chi connectivity index (χ4n) is 1.29. The van der Waals surface area contributed by atoms with Crippen LogP contribution in [0.5, 0.6) is 0 Å². The number of rotatable bonds is 5. The van der Waals surface area contributed by atoms with E-state index >= 15 is 0 Å². The molecule has 2 nitrogen and oxygen atoms in total. The molecular formula is C12H18O2. The monoisotopic (exact) mass is 194 g/mol. The molecule has 0 amide bonds. The molecular weight excluding hydrogens is 176 g/mol. The van der Waals surface area contributed by atoms with E-state index in [2.05, 4.69) is 0 Å². The molecule has 2 heteroatoms. The first kappa shape index (κ1) is 11.2. The molecule has 0 aromatic heterocycles. The molecule has 0 saturated carbocycles. The highest BCUT2D eigenvalue weighted by atomic mass is 16.5. The van der Waals surface area contributed by atoms with Crippen molar-refractivity contribution >= 4 is 0 Å². The van der Waals surface area contributed by atoms with Crippen LogP contribution in [-0.2, 0) is 11.3 Å². The minimum absolute atomic E-state index is 0.337. The SMILES string of the molecule is CCOCc1ccc(C(O)CC)cc1. The van der Waals surface area contributed by atoms with Gasteiger partial charge in [0.1, 0.15) is 0 Å². The standard InChI is InChI=1S/C12H18O2/c1-3-12(13)11-7-5-10(6-8-11)9-14-4-2/h5-8,12-13H,3-4,9H2,1-2H3. The largest absolute Gasteiger partial charge is 0.388 e. The minimum Gasteiger partial charge on any atom is -0.388 e. The fraction of sp³-hybridized carbons (Fsp3) is 0.500. The highest BCUT2D eigenvalue weighted by Gasteiger charge is 2.03. The van der Waals surface area contributed by atoms with Gasteiger partial charge in [-0.25, -0.2) is 0 Å². The molecule has 0 aliphatic heterocycles. The lowest BCUT2D eigenvalue weighted by molar-refractivity contribution is 0.134. The first-order valence-electron chi connectivity index (χ1n) is 5.12. The van der Waals surface area contributed by atoms with Crippen molar-refractivity contribution in [1.82, 2.24) is 0 Å². The third-order valence-electron chi connectivity index (χ3n) is 2.22. The van der Waals surface area contributed by atoms with E-state index in [4.69, 9.17) is 4.74 Å². The number of aliphatic hydroxyl groups excluding tert-OH is 1. The van der Waals surface area contributed by atoms with Crippen LogP contribution in [0.4, 0.5) is 0 Å². The van der Waals surface area contributed by atoms with E-state index in [0.717, 1.165) is 24.2 Å². The molecule has 0 fully saturated rings. The van der Waals surface area contributed by atoms with Gasteiger partial charge >= 0.3 is 0 Å². The topological polar surface area (TPSA) is 29.5 Å². The fourth-order valence-corrected chi connectivity index (χ4v) is 1.29. The van der Waals surface area contributed by atoms with Crippen LogP contribution >= 0.6 is 0 Å². The Morgan fingerprint density at radius 1 is 1.21 bits per heavy atom.